The molecule has 1 aromatic rings. The number of ether oxygens (including phenoxy) is 2. The van der Waals surface area contributed by atoms with E-state index < -0.39 is 6.04 Å². The van der Waals surface area contributed by atoms with Gasteiger partial charge in [0, 0.05) is 16.7 Å². The normalized spacial score (nSPS) is 16.0. The first kappa shape index (κ1) is 11.5. The summed E-state index contributed by atoms with van der Waals surface area (Å²) in [7, 11) is 0. The van der Waals surface area contributed by atoms with Crippen LogP contribution in [0.2, 0.25) is 5.02 Å². The van der Waals surface area contributed by atoms with Crippen LogP contribution >= 0.6 is 11.6 Å². The minimum atomic E-state index is -0.497. The lowest BCUT2D eigenvalue weighted by Crippen LogP contribution is -2.20. The highest BCUT2D eigenvalue weighted by Crippen LogP contribution is 2.41. The van der Waals surface area contributed by atoms with Gasteiger partial charge in [-0.2, -0.15) is 0 Å². The maximum Gasteiger partial charge on any atom is 0.164 e. The molecule has 0 saturated carbocycles. The fraction of sp³-hybridized carbons (Fsp3) is 0.455. The second-order valence-corrected chi connectivity index (χ2v) is 4.12. The number of halogens is 1. The van der Waals surface area contributed by atoms with Gasteiger partial charge in [-0.3, -0.25) is 0 Å². The largest absolute Gasteiger partial charge is 0.486 e. The molecule has 1 aliphatic rings. The maximum absolute atomic E-state index is 9.09. The van der Waals surface area contributed by atoms with Gasteiger partial charge in [0.25, 0.3) is 0 Å². The quantitative estimate of drug-likeness (QED) is 0.825. The molecular formula is C11H14ClNO3. The average Bonchev–Trinajstić information content (AvgIpc) is 2.28. The molecule has 0 aliphatic carbocycles. The van der Waals surface area contributed by atoms with E-state index in [1.54, 1.807) is 6.07 Å². The molecule has 0 amide bonds. The first-order chi connectivity index (χ1) is 7.65. The molecule has 2 rings (SSSR count). The van der Waals surface area contributed by atoms with Gasteiger partial charge < -0.3 is 20.3 Å². The molecular weight excluding hydrogens is 230 g/mol. The molecule has 4 nitrogen and oxygen atoms in total. The Morgan fingerprint density at radius 3 is 2.88 bits per heavy atom. The van der Waals surface area contributed by atoms with Crippen LogP contribution in [0.3, 0.4) is 0 Å². The molecule has 1 unspecified atom stereocenters. The number of hydrogen-bond donors (Lipinski definition) is 2. The highest BCUT2D eigenvalue weighted by atomic mass is 35.5. The van der Waals surface area contributed by atoms with E-state index in [0.717, 1.165) is 5.56 Å². The Bertz CT molecular complexity index is 409. The predicted octanol–water partition coefficient (Wildman–Crippen LogP) is 1.41. The van der Waals surface area contributed by atoms with Crippen LogP contribution in [0.25, 0.3) is 0 Å². The van der Waals surface area contributed by atoms with Crippen LogP contribution in [-0.2, 0) is 0 Å². The molecule has 0 fully saturated rings. The molecule has 1 aromatic carbocycles. The lowest BCUT2D eigenvalue weighted by molar-refractivity contribution is 0.170. The molecule has 0 saturated heterocycles. The predicted molar refractivity (Wildman–Crippen MR) is 61.2 cm³/mol. The van der Waals surface area contributed by atoms with Gasteiger partial charge in [-0.05, 0) is 12.5 Å². The topological polar surface area (TPSA) is 64.7 Å². The Morgan fingerprint density at radius 1 is 1.50 bits per heavy atom. The van der Waals surface area contributed by atoms with E-state index in [1.807, 2.05) is 6.92 Å². The van der Waals surface area contributed by atoms with Gasteiger partial charge in [-0.1, -0.05) is 11.6 Å². The number of hydrogen-bond acceptors (Lipinski definition) is 4. The lowest BCUT2D eigenvalue weighted by Gasteiger charge is -2.24. The van der Waals surface area contributed by atoms with E-state index in [9.17, 15) is 0 Å². The molecule has 1 heterocycles. The Kier molecular flexibility index (Phi) is 3.23. The molecule has 88 valence electrons. The van der Waals surface area contributed by atoms with Gasteiger partial charge >= 0.3 is 0 Å². The zero-order valence-corrected chi connectivity index (χ0v) is 9.75. The third kappa shape index (κ3) is 1.84. The molecule has 16 heavy (non-hydrogen) atoms. The van der Waals surface area contributed by atoms with Gasteiger partial charge in [0.05, 0.1) is 12.6 Å². The number of fused-ring (bicyclic) bond motifs is 1. The Balaban J connectivity index is 2.54. The lowest BCUT2D eigenvalue weighted by atomic mass is 10.0. The zero-order chi connectivity index (χ0) is 11.7. The van der Waals surface area contributed by atoms with Gasteiger partial charge in [0.15, 0.2) is 11.5 Å². The second-order valence-electron chi connectivity index (χ2n) is 3.71. The van der Waals surface area contributed by atoms with Crippen molar-refractivity contribution in [2.24, 2.45) is 5.73 Å². The first-order valence-electron chi connectivity index (χ1n) is 5.10. The van der Waals surface area contributed by atoms with Gasteiger partial charge in [0.1, 0.15) is 13.2 Å². The van der Waals surface area contributed by atoms with Gasteiger partial charge in [-0.15, -0.1) is 0 Å². The second kappa shape index (κ2) is 4.49. The van der Waals surface area contributed by atoms with E-state index in [4.69, 9.17) is 31.9 Å². The molecule has 1 aliphatic heterocycles. The van der Waals surface area contributed by atoms with Crippen molar-refractivity contribution in [2.75, 3.05) is 19.8 Å². The number of aliphatic hydroxyl groups excluding tert-OH is 1. The van der Waals surface area contributed by atoms with Crippen molar-refractivity contribution in [3.05, 3.63) is 22.2 Å². The highest BCUT2D eigenvalue weighted by Gasteiger charge is 2.22. The van der Waals surface area contributed by atoms with E-state index in [-0.39, 0.29) is 6.61 Å². The summed E-state index contributed by atoms with van der Waals surface area (Å²) >= 11 is 6.11. The molecule has 3 N–H and O–H groups in total. The van der Waals surface area contributed by atoms with E-state index in [1.165, 1.54) is 0 Å². The molecule has 0 aromatic heterocycles. The molecule has 0 radical (unpaired) electrons. The first-order valence-corrected chi connectivity index (χ1v) is 5.48. The monoisotopic (exact) mass is 243 g/mol. The Hall–Kier alpha value is -0.970. The SMILES string of the molecule is Cc1c2c(cc(Cl)c1C(N)CO)OCCO2. The van der Waals surface area contributed by atoms with E-state index in [2.05, 4.69) is 0 Å². The minimum absolute atomic E-state index is 0.153. The smallest absolute Gasteiger partial charge is 0.164 e. The van der Waals surface area contributed by atoms with Crippen molar-refractivity contribution in [3.63, 3.8) is 0 Å². The number of rotatable bonds is 2. The van der Waals surface area contributed by atoms with Crippen LogP contribution < -0.4 is 15.2 Å². The molecule has 0 bridgehead atoms. The summed E-state index contributed by atoms with van der Waals surface area (Å²) in [6, 6.07) is 1.19. The summed E-state index contributed by atoms with van der Waals surface area (Å²) < 4.78 is 11.0. The summed E-state index contributed by atoms with van der Waals surface area (Å²) in [6.07, 6.45) is 0. The third-order valence-corrected chi connectivity index (χ3v) is 2.95. The van der Waals surface area contributed by atoms with Crippen LogP contribution in [0.1, 0.15) is 17.2 Å². The van der Waals surface area contributed by atoms with Crippen LogP contribution in [-0.4, -0.2) is 24.9 Å². The Labute approximate surface area is 98.9 Å². The standard InChI is InChI=1S/C11H14ClNO3/c1-6-10(8(13)5-14)7(12)4-9-11(6)16-3-2-15-9/h4,8,14H,2-3,5,13H2,1H3. The maximum atomic E-state index is 9.09. The van der Waals surface area contributed by atoms with Crippen molar-refractivity contribution in [2.45, 2.75) is 13.0 Å². The summed E-state index contributed by atoms with van der Waals surface area (Å²) in [5, 5.41) is 9.59. The number of benzene rings is 1. The van der Waals surface area contributed by atoms with Crippen molar-refractivity contribution in [1.29, 1.82) is 0 Å². The van der Waals surface area contributed by atoms with Gasteiger partial charge in [0.2, 0.25) is 0 Å². The van der Waals surface area contributed by atoms with Crippen LogP contribution in [0.4, 0.5) is 0 Å². The van der Waals surface area contributed by atoms with Crippen molar-refractivity contribution >= 4 is 11.6 Å². The molecule has 0 spiro atoms. The summed E-state index contributed by atoms with van der Waals surface area (Å²) in [6.45, 7) is 2.75. The van der Waals surface area contributed by atoms with Gasteiger partial charge in [-0.25, -0.2) is 0 Å². The summed E-state index contributed by atoms with van der Waals surface area (Å²) in [4.78, 5) is 0. The zero-order valence-electron chi connectivity index (χ0n) is 9.00. The average molecular weight is 244 g/mol. The van der Waals surface area contributed by atoms with E-state index >= 15 is 0 Å². The van der Waals surface area contributed by atoms with Crippen LogP contribution in [0.5, 0.6) is 11.5 Å². The minimum Gasteiger partial charge on any atom is -0.486 e. The highest BCUT2D eigenvalue weighted by molar-refractivity contribution is 6.31. The van der Waals surface area contributed by atoms with Crippen molar-refractivity contribution in [1.82, 2.24) is 0 Å². The van der Waals surface area contributed by atoms with Crippen LogP contribution in [0.15, 0.2) is 6.07 Å². The number of aliphatic hydroxyl groups is 1. The summed E-state index contributed by atoms with van der Waals surface area (Å²) in [5.41, 5.74) is 7.35. The van der Waals surface area contributed by atoms with Crippen molar-refractivity contribution in [3.8, 4) is 11.5 Å². The fourth-order valence-electron chi connectivity index (χ4n) is 1.87. The molecule has 1 atom stereocenters. The Morgan fingerprint density at radius 2 is 2.19 bits per heavy atom. The van der Waals surface area contributed by atoms with Crippen LogP contribution in [0, 0.1) is 6.92 Å². The summed E-state index contributed by atoms with van der Waals surface area (Å²) in [5.74, 6) is 1.32. The molecule has 5 heteroatoms. The van der Waals surface area contributed by atoms with E-state index in [0.29, 0.717) is 35.3 Å². The number of nitrogens with two attached hydrogens (primary N) is 1. The third-order valence-electron chi connectivity index (χ3n) is 2.64. The van der Waals surface area contributed by atoms with Crippen molar-refractivity contribution < 1.29 is 14.6 Å². The fourth-order valence-corrected chi connectivity index (χ4v) is 2.25.